The van der Waals surface area contributed by atoms with Crippen molar-refractivity contribution in [2.24, 2.45) is 0 Å². The van der Waals surface area contributed by atoms with Gasteiger partial charge in [-0.25, -0.2) is 9.59 Å². The molecular weight excluding hydrogens is 290 g/mol. The fourth-order valence-electron chi connectivity index (χ4n) is 1.89. The maximum absolute atomic E-state index is 12.0. The van der Waals surface area contributed by atoms with Crippen molar-refractivity contribution in [2.75, 3.05) is 41.8 Å². The van der Waals surface area contributed by atoms with Gasteiger partial charge in [-0.15, -0.1) is 0 Å². The van der Waals surface area contributed by atoms with Crippen molar-refractivity contribution in [3.63, 3.8) is 0 Å². The number of carbonyl (C=O) groups is 2. The summed E-state index contributed by atoms with van der Waals surface area (Å²) < 4.78 is 4.79. The highest BCUT2D eigenvalue weighted by Crippen LogP contribution is 2.15. The molecule has 0 atom stereocenters. The third-order valence-corrected chi connectivity index (χ3v) is 3.90. The zero-order valence-electron chi connectivity index (χ0n) is 11.9. The summed E-state index contributed by atoms with van der Waals surface area (Å²) in [6.07, 6.45) is -0.486. The molecule has 21 heavy (non-hydrogen) atoms. The highest BCUT2D eigenvalue weighted by atomic mass is 32.2. The zero-order chi connectivity index (χ0) is 15.1. The van der Waals surface area contributed by atoms with Gasteiger partial charge < -0.3 is 15.0 Å². The molecule has 1 aromatic carbocycles. The summed E-state index contributed by atoms with van der Waals surface area (Å²) in [6.45, 7) is 3.63. The number of hydrogen-bond acceptors (Lipinski definition) is 4. The van der Waals surface area contributed by atoms with Crippen LogP contribution in [0, 0.1) is 0 Å². The van der Waals surface area contributed by atoms with Gasteiger partial charge in [0.05, 0.1) is 6.61 Å². The minimum absolute atomic E-state index is 0.0820. The molecule has 0 bridgehead atoms. The Morgan fingerprint density at radius 2 is 1.71 bits per heavy atom. The van der Waals surface area contributed by atoms with Crippen molar-refractivity contribution >= 4 is 35.3 Å². The summed E-state index contributed by atoms with van der Waals surface area (Å²) in [5.74, 6) is 1.96. The predicted molar refractivity (Wildman–Crippen MR) is 85.0 cm³/mol. The number of nitrogens with one attached hydrogen (secondary N) is 2. The molecule has 1 aliphatic heterocycles. The molecule has 0 spiro atoms. The van der Waals surface area contributed by atoms with E-state index in [0.717, 1.165) is 24.6 Å². The molecule has 7 heteroatoms. The van der Waals surface area contributed by atoms with Gasteiger partial charge in [-0.05, 0) is 31.2 Å². The van der Waals surface area contributed by atoms with E-state index in [-0.39, 0.29) is 6.03 Å². The molecule has 1 fully saturated rings. The molecule has 2 rings (SSSR count). The van der Waals surface area contributed by atoms with Crippen molar-refractivity contribution in [3.05, 3.63) is 24.3 Å². The molecule has 114 valence electrons. The van der Waals surface area contributed by atoms with Gasteiger partial charge in [-0.3, -0.25) is 5.32 Å². The van der Waals surface area contributed by atoms with E-state index in [1.165, 1.54) is 0 Å². The highest BCUT2D eigenvalue weighted by Gasteiger charge is 2.16. The molecule has 0 aliphatic carbocycles. The van der Waals surface area contributed by atoms with Crippen molar-refractivity contribution in [1.82, 2.24) is 4.90 Å². The molecule has 0 radical (unpaired) electrons. The van der Waals surface area contributed by atoms with Gasteiger partial charge in [0.15, 0.2) is 0 Å². The van der Waals surface area contributed by atoms with E-state index in [1.54, 1.807) is 36.1 Å². The third kappa shape index (κ3) is 4.86. The van der Waals surface area contributed by atoms with Crippen LogP contribution in [0.1, 0.15) is 6.92 Å². The first-order chi connectivity index (χ1) is 10.2. The van der Waals surface area contributed by atoms with Crippen molar-refractivity contribution in [1.29, 1.82) is 0 Å². The Morgan fingerprint density at radius 3 is 2.29 bits per heavy atom. The summed E-state index contributed by atoms with van der Waals surface area (Å²) in [6, 6.07) is 6.86. The van der Waals surface area contributed by atoms with Crippen LogP contribution in [0.15, 0.2) is 24.3 Å². The number of hydrogen-bond donors (Lipinski definition) is 2. The monoisotopic (exact) mass is 309 g/mol. The van der Waals surface area contributed by atoms with Crippen LogP contribution in [-0.2, 0) is 4.74 Å². The lowest BCUT2D eigenvalue weighted by atomic mass is 10.3. The molecule has 0 aromatic heterocycles. The molecule has 2 N–H and O–H groups in total. The first kappa shape index (κ1) is 15.5. The zero-order valence-corrected chi connectivity index (χ0v) is 12.7. The maximum atomic E-state index is 12.0. The summed E-state index contributed by atoms with van der Waals surface area (Å²) >= 11 is 1.86. The Kier molecular flexibility index (Phi) is 5.74. The van der Waals surface area contributed by atoms with E-state index in [9.17, 15) is 9.59 Å². The van der Waals surface area contributed by atoms with Crippen LogP contribution in [0.25, 0.3) is 0 Å². The van der Waals surface area contributed by atoms with E-state index in [2.05, 4.69) is 10.6 Å². The number of carbonyl (C=O) groups excluding carboxylic acids is 2. The smallest absolute Gasteiger partial charge is 0.411 e. The van der Waals surface area contributed by atoms with Gasteiger partial charge in [0.1, 0.15) is 0 Å². The average Bonchev–Trinajstić information content (AvgIpc) is 2.50. The first-order valence-corrected chi connectivity index (χ1v) is 8.02. The number of ether oxygens (including phenoxy) is 1. The Bertz CT molecular complexity index is 487. The minimum atomic E-state index is -0.486. The largest absolute Gasteiger partial charge is 0.450 e. The number of amides is 3. The van der Waals surface area contributed by atoms with Crippen molar-refractivity contribution in [3.8, 4) is 0 Å². The number of thioether (sulfide) groups is 1. The molecule has 0 saturated carbocycles. The average molecular weight is 309 g/mol. The Morgan fingerprint density at radius 1 is 1.14 bits per heavy atom. The van der Waals surface area contributed by atoms with Gasteiger partial charge in [-0.1, -0.05) is 0 Å². The van der Waals surface area contributed by atoms with Gasteiger partial charge >= 0.3 is 12.1 Å². The fraction of sp³-hybridized carbons (Fsp3) is 0.429. The highest BCUT2D eigenvalue weighted by molar-refractivity contribution is 7.99. The SMILES string of the molecule is CCOC(=O)Nc1ccc(NC(=O)N2CCSCC2)cc1. The van der Waals surface area contributed by atoms with Gasteiger partial charge in [0.2, 0.25) is 0 Å². The van der Waals surface area contributed by atoms with Crippen LogP contribution in [-0.4, -0.2) is 48.2 Å². The summed E-state index contributed by atoms with van der Waals surface area (Å²) in [5.41, 5.74) is 1.33. The molecule has 1 saturated heterocycles. The topological polar surface area (TPSA) is 70.7 Å². The second kappa shape index (κ2) is 7.78. The van der Waals surface area contributed by atoms with Crippen LogP contribution in [0.5, 0.6) is 0 Å². The van der Waals surface area contributed by atoms with Crippen LogP contribution in [0.2, 0.25) is 0 Å². The van der Waals surface area contributed by atoms with Crippen LogP contribution < -0.4 is 10.6 Å². The van der Waals surface area contributed by atoms with E-state index < -0.39 is 6.09 Å². The molecular formula is C14H19N3O3S. The summed E-state index contributed by atoms with van der Waals surface area (Å²) in [4.78, 5) is 25.1. The Hall–Kier alpha value is -1.89. The predicted octanol–water partition coefficient (Wildman–Crippen LogP) is 2.84. The van der Waals surface area contributed by atoms with Crippen molar-refractivity contribution in [2.45, 2.75) is 6.92 Å². The first-order valence-electron chi connectivity index (χ1n) is 6.86. The number of urea groups is 1. The molecule has 3 amide bonds. The lowest BCUT2D eigenvalue weighted by Gasteiger charge is -2.26. The van der Waals surface area contributed by atoms with Crippen LogP contribution in [0.4, 0.5) is 21.0 Å². The van der Waals surface area contributed by atoms with Gasteiger partial charge in [0, 0.05) is 36.0 Å². The number of benzene rings is 1. The quantitative estimate of drug-likeness (QED) is 0.900. The number of nitrogens with zero attached hydrogens (tertiary/aromatic N) is 1. The lowest BCUT2D eigenvalue weighted by Crippen LogP contribution is -2.40. The van der Waals surface area contributed by atoms with Crippen molar-refractivity contribution < 1.29 is 14.3 Å². The van der Waals surface area contributed by atoms with E-state index in [1.807, 2.05) is 11.8 Å². The molecule has 1 heterocycles. The molecule has 0 unspecified atom stereocenters. The Balaban J connectivity index is 1.86. The molecule has 1 aliphatic rings. The summed E-state index contributed by atoms with van der Waals surface area (Å²) in [7, 11) is 0. The molecule has 6 nitrogen and oxygen atoms in total. The Labute approximate surface area is 128 Å². The second-order valence-electron chi connectivity index (χ2n) is 4.45. The van der Waals surface area contributed by atoms with E-state index in [4.69, 9.17) is 4.74 Å². The van der Waals surface area contributed by atoms with E-state index in [0.29, 0.717) is 18.0 Å². The fourth-order valence-corrected chi connectivity index (χ4v) is 2.79. The van der Waals surface area contributed by atoms with Crippen LogP contribution in [0.3, 0.4) is 0 Å². The maximum Gasteiger partial charge on any atom is 0.411 e. The van der Waals surface area contributed by atoms with Crippen LogP contribution >= 0.6 is 11.8 Å². The van der Waals surface area contributed by atoms with Gasteiger partial charge in [-0.2, -0.15) is 11.8 Å². The molecule has 1 aromatic rings. The van der Waals surface area contributed by atoms with Gasteiger partial charge in [0.25, 0.3) is 0 Å². The standard InChI is InChI=1S/C14H19N3O3S/c1-2-20-14(19)16-12-5-3-11(4-6-12)15-13(18)17-7-9-21-10-8-17/h3-6H,2,7-10H2,1H3,(H,15,18)(H,16,19). The normalized spacial score (nSPS) is 14.4. The second-order valence-corrected chi connectivity index (χ2v) is 5.68. The minimum Gasteiger partial charge on any atom is -0.450 e. The third-order valence-electron chi connectivity index (χ3n) is 2.96. The lowest BCUT2D eigenvalue weighted by molar-refractivity contribution is 0.168. The number of rotatable bonds is 3. The summed E-state index contributed by atoms with van der Waals surface area (Å²) in [5, 5.41) is 5.45. The van der Waals surface area contributed by atoms with E-state index >= 15 is 0 Å². The number of anilines is 2.